The van der Waals surface area contributed by atoms with E-state index in [9.17, 15) is 4.79 Å². The molecule has 0 spiro atoms. The highest BCUT2D eigenvalue weighted by Gasteiger charge is 2.27. The number of hydrogen-bond acceptors (Lipinski definition) is 5. The minimum atomic E-state index is -0.956. The lowest BCUT2D eigenvalue weighted by atomic mass is 10.2. The number of amides is 1. The molecule has 134 valence electrons. The fraction of sp³-hybridized carbons (Fsp3) is 0.588. The van der Waals surface area contributed by atoms with E-state index in [1.54, 1.807) is 19.1 Å². The van der Waals surface area contributed by atoms with Crippen LogP contribution in [0.3, 0.4) is 0 Å². The number of hydrogen-bond donors (Lipinski definition) is 2. The van der Waals surface area contributed by atoms with Gasteiger partial charge in [-0.1, -0.05) is 6.92 Å². The van der Waals surface area contributed by atoms with Gasteiger partial charge in [-0.25, -0.2) is 9.10 Å². The van der Waals surface area contributed by atoms with Crippen LogP contribution in [0.25, 0.3) is 0 Å². The van der Waals surface area contributed by atoms with Gasteiger partial charge < -0.3 is 20.1 Å². The lowest BCUT2D eigenvalue weighted by Crippen LogP contribution is -2.35. The van der Waals surface area contributed by atoms with Crippen molar-refractivity contribution in [3.05, 3.63) is 24.3 Å². The number of benzene rings is 1. The first-order valence-corrected chi connectivity index (χ1v) is 9.17. The van der Waals surface area contributed by atoms with Crippen molar-refractivity contribution >= 4 is 18.0 Å². The Morgan fingerprint density at radius 2 is 2.21 bits per heavy atom. The van der Waals surface area contributed by atoms with Crippen LogP contribution in [0.5, 0.6) is 5.75 Å². The molecule has 1 saturated heterocycles. The van der Waals surface area contributed by atoms with E-state index in [1.165, 1.54) is 4.90 Å². The Labute approximate surface area is 148 Å². The van der Waals surface area contributed by atoms with Gasteiger partial charge in [0.05, 0.1) is 7.11 Å². The fourth-order valence-corrected chi connectivity index (χ4v) is 3.91. The van der Waals surface area contributed by atoms with E-state index in [4.69, 9.17) is 9.84 Å². The second-order valence-corrected chi connectivity index (χ2v) is 6.95. The Morgan fingerprint density at radius 3 is 2.79 bits per heavy atom. The van der Waals surface area contributed by atoms with Crippen LogP contribution in [0.2, 0.25) is 0 Å². The predicted octanol–water partition coefficient (Wildman–Crippen LogP) is 2.76. The van der Waals surface area contributed by atoms with Crippen molar-refractivity contribution in [1.82, 2.24) is 14.5 Å². The quantitative estimate of drug-likeness (QED) is 0.526. The topological polar surface area (TPSA) is 65.0 Å². The van der Waals surface area contributed by atoms with Gasteiger partial charge in [0.2, 0.25) is 0 Å². The van der Waals surface area contributed by atoms with Crippen LogP contribution in [0, 0.1) is 0 Å². The molecular formula is C17H27N3O3S. The van der Waals surface area contributed by atoms with Crippen LogP contribution in [0.4, 0.5) is 4.79 Å². The number of methoxy groups -OCH3 is 1. The van der Waals surface area contributed by atoms with Crippen LogP contribution in [-0.4, -0.2) is 66.3 Å². The lowest BCUT2D eigenvalue weighted by molar-refractivity contribution is 0.194. The molecule has 6 nitrogen and oxygen atoms in total. The molecule has 1 aliphatic heterocycles. The summed E-state index contributed by atoms with van der Waals surface area (Å²) in [6, 6.07) is 8.58. The minimum absolute atomic E-state index is 0.485. The molecule has 2 rings (SSSR count). The fourth-order valence-electron chi connectivity index (χ4n) is 2.84. The molecule has 0 aliphatic carbocycles. The predicted molar refractivity (Wildman–Crippen MR) is 96.7 cm³/mol. The number of nitrogens with one attached hydrogen (secondary N) is 1. The van der Waals surface area contributed by atoms with Crippen molar-refractivity contribution in [3.8, 4) is 5.75 Å². The molecule has 7 heteroatoms. The van der Waals surface area contributed by atoms with Crippen LogP contribution < -0.4 is 10.1 Å². The largest absolute Gasteiger partial charge is 0.497 e. The highest BCUT2D eigenvalue weighted by Crippen LogP contribution is 2.30. The second kappa shape index (κ2) is 9.76. The SMILES string of the molecule is CCN1CC[C@H](N(CCCNC(=O)O)Sc2ccc(OC)cc2)C1. The van der Waals surface area contributed by atoms with Crippen molar-refractivity contribution in [1.29, 1.82) is 0 Å². The van der Waals surface area contributed by atoms with E-state index < -0.39 is 6.09 Å². The molecule has 1 fully saturated rings. The van der Waals surface area contributed by atoms with Gasteiger partial charge >= 0.3 is 6.09 Å². The van der Waals surface area contributed by atoms with Crippen molar-refractivity contribution in [2.24, 2.45) is 0 Å². The third-order valence-electron chi connectivity index (χ3n) is 4.22. The Bertz CT molecular complexity index is 512. The number of ether oxygens (including phenoxy) is 1. The normalized spacial score (nSPS) is 18.0. The molecule has 1 aliphatic rings. The smallest absolute Gasteiger partial charge is 0.404 e. The van der Waals surface area contributed by atoms with Gasteiger partial charge in [-0.05, 0) is 62.1 Å². The summed E-state index contributed by atoms with van der Waals surface area (Å²) in [7, 11) is 1.67. The lowest BCUT2D eigenvalue weighted by Gasteiger charge is -2.28. The Morgan fingerprint density at radius 1 is 1.46 bits per heavy atom. The summed E-state index contributed by atoms with van der Waals surface area (Å²) in [6.07, 6.45) is 1.00. The Kier molecular flexibility index (Phi) is 7.68. The van der Waals surface area contributed by atoms with Gasteiger partial charge in [-0.15, -0.1) is 0 Å². The number of likely N-dealkylation sites (N-methyl/N-ethyl adjacent to an activating group) is 1. The number of nitrogens with zero attached hydrogens (tertiary/aromatic N) is 2. The van der Waals surface area contributed by atoms with E-state index in [0.717, 1.165) is 44.8 Å². The van der Waals surface area contributed by atoms with Gasteiger partial charge in [0, 0.05) is 30.6 Å². The summed E-state index contributed by atoms with van der Waals surface area (Å²) >= 11 is 1.75. The Hall–Kier alpha value is -1.44. The molecule has 1 amide bonds. The first-order chi connectivity index (χ1) is 11.6. The number of carbonyl (C=O) groups is 1. The molecule has 1 aromatic carbocycles. The highest BCUT2D eigenvalue weighted by atomic mass is 32.2. The first kappa shape index (κ1) is 18.9. The summed E-state index contributed by atoms with van der Waals surface area (Å²) in [4.78, 5) is 14.2. The average Bonchev–Trinajstić information content (AvgIpc) is 3.07. The maximum atomic E-state index is 10.6. The molecule has 2 N–H and O–H groups in total. The first-order valence-electron chi connectivity index (χ1n) is 8.40. The van der Waals surface area contributed by atoms with E-state index in [0.29, 0.717) is 12.6 Å². The summed E-state index contributed by atoms with van der Waals surface area (Å²) in [5, 5.41) is 11.1. The zero-order chi connectivity index (χ0) is 17.4. The zero-order valence-corrected chi connectivity index (χ0v) is 15.2. The molecule has 1 heterocycles. The molecular weight excluding hydrogens is 326 g/mol. The van der Waals surface area contributed by atoms with E-state index in [1.807, 2.05) is 12.1 Å². The van der Waals surface area contributed by atoms with E-state index in [-0.39, 0.29) is 0 Å². The molecule has 0 bridgehead atoms. The molecule has 24 heavy (non-hydrogen) atoms. The van der Waals surface area contributed by atoms with Crippen LogP contribution in [0.1, 0.15) is 19.8 Å². The minimum Gasteiger partial charge on any atom is -0.497 e. The third kappa shape index (κ3) is 5.89. The van der Waals surface area contributed by atoms with Gasteiger partial charge in [-0.2, -0.15) is 0 Å². The maximum Gasteiger partial charge on any atom is 0.404 e. The summed E-state index contributed by atoms with van der Waals surface area (Å²) in [6.45, 7) is 6.83. The van der Waals surface area contributed by atoms with Gasteiger partial charge in [0.25, 0.3) is 0 Å². The van der Waals surface area contributed by atoms with Crippen molar-refractivity contribution in [3.63, 3.8) is 0 Å². The van der Waals surface area contributed by atoms with E-state index >= 15 is 0 Å². The molecule has 0 radical (unpaired) electrons. The monoisotopic (exact) mass is 353 g/mol. The van der Waals surface area contributed by atoms with Gasteiger partial charge in [0.15, 0.2) is 0 Å². The third-order valence-corrected chi connectivity index (χ3v) is 5.41. The molecule has 0 saturated carbocycles. The number of carboxylic acid groups (broad SMARTS) is 1. The number of likely N-dealkylation sites (tertiary alicyclic amines) is 1. The van der Waals surface area contributed by atoms with Crippen molar-refractivity contribution in [2.75, 3.05) is 39.8 Å². The van der Waals surface area contributed by atoms with Crippen LogP contribution >= 0.6 is 11.9 Å². The highest BCUT2D eigenvalue weighted by molar-refractivity contribution is 7.97. The molecule has 0 unspecified atom stereocenters. The van der Waals surface area contributed by atoms with Gasteiger partial charge in [0.1, 0.15) is 5.75 Å². The summed E-state index contributed by atoms with van der Waals surface area (Å²) in [5.74, 6) is 0.856. The summed E-state index contributed by atoms with van der Waals surface area (Å²) < 4.78 is 7.61. The number of rotatable bonds is 9. The van der Waals surface area contributed by atoms with Crippen molar-refractivity contribution < 1.29 is 14.6 Å². The van der Waals surface area contributed by atoms with Crippen LogP contribution in [0.15, 0.2) is 29.2 Å². The Balaban J connectivity index is 1.94. The zero-order valence-electron chi connectivity index (χ0n) is 14.4. The summed E-state index contributed by atoms with van der Waals surface area (Å²) in [5.41, 5.74) is 0. The molecule has 1 atom stereocenters. The standard InChI is InChI=1S/C17H27N3O3S/c1-3-19-12-9-14(13-19)20(11-4-10-18-17(21)22)24-16-7-5-15(23-2)6-8-16/h5-8,14,18H,3-4,9-13H2,1-2H3,(H,21,22)/t14-/m0/s1. The average molecular weight is 353 g/mol. The molecule has 0 aromatic heterocycles. The van der Waals surface area contributed by atoms with Crippen LogP contribution in [-0.2, 0) is 0 Å². The maximum absolute atomic E-state index is 10.6. The molecule has 1 aromatic rings. The van der Waals surface area contributed by atoms with Crippen molar-refractivity contribution in [2.45, 2.75) is 30.7 Å². The van der Waals surface area contributed by atoms with E-state index in [2.05, 4.69) is 33.6 Å². The second-order valence-electron chi connectivity index (χ2n) is 5.83. The van der Waals surface area contributed by atoms with Gasteiger partial charge in [-0.3, -0.25) is 0 Å².